The van der Waals surface area contributed by atoms with Gasteiger partial charge in [-0.3, -0.25) is 10.1 Å². The lowest BCUT2D eigenvalue weighted by Gasteiger charge is -2.10. The van der Waals surface area contributed by atoms with Crippen LogP contribution in [0.3, 0.4) is 0 Å². The summed E-state index contributed by atoms with van der Waals surface area (Å²) in [5.74, 6) is -2.31. The summed E-state index contributed by atoms with van der Waals surface area (Å²) in [5.41, 5.74) is 0.786. The van der Waals surface area contributed by atoms with Crippen LogP contribution in [0.5, 0.6) is 0 Å². The van der Waals surface area contributed by atoms with Gasteiger partial charge in [-0.25, -0.2) is 8.78 Å². The molecular formula is C15H11ClF2N2OS. The van der Waals surface area contributed by atoms with Gasteiger partial charge in [0.2, 0.25) is 0 Å². The summed E-state index contributed by atoms with van der Waals surface area (Å²) >= 11 is 10.9. The number of hydrogen-bond donors (Lipinski definition) is 2. The molecule has 0 spiro atoms. The number of halogens is 3. The van der Waals surface area contributed by atoms with Crippen LogP contribution in [-0.4, -0.2) is 11.0 Å². The van der Waals surface area contributed by atoms with E-state index in [1.54, 1.807) is 24.3 Å². The van der Waals surface area contributed by atoms with E-state index in [1.165, 1.54) is 6.07 Å². The quantitative estimate of drug-likeness (QED) is 0.841. The van der Waals surface area contributed by atoms with Gasteiger partial charge in [-0.05, 0) is 42.0 Å². The molecule has 0 atom stereocenters. The second kappa shape index (κ2) is 7.29. The molecule has 0 aliphatic heterocycles. The van der Waals surface area contributed by atoms with Crippen molar-refractivity contribution in [1.29, 1.82) is 0 Å². The standard InChI is InChI=1S/C15H11ClF2N2OS/c16-11-4-2-1-3-10(11)14(21)20-15(22)19-8-9-5-6-12(17)13(18)7-9/h1-7H,8H2,(H2,19,20,21,22). The first kappa shape index (κ1) is 16.3. The molecule has 2 aromatic rings. The number of carbonyl (C=O) groups is 1. The number of carbonyl (C=O) groups excluding carboxylic acids is 1. The van der Waals surface area contributed by atoms with E-state index in [-0.39, 0.29) is 11.7 Å². The zero-order valence-electron chi connectivity index (χ0n) is 11.2. The van der Waals surface area contributed by atoms with E-state index in [0.29, 0.717) is 16.1 Å². The van der Waals surface area contributed by atoms with E-state index < -0.39 is 17.5 Å². The van der Waals surface area contributed by atoms with Gasteiger partial charge in [0.15, 0.2) is 16.7 Å². The second-order valence-corrected chi connectivity index (χ2v) is 5.18. The van der Waals surface area contributed by atoms with E-state index >= 15 is 0 Å². The fourth-order valence-corrected chi connectivity index (χ4v) is 2.08. The van der Waals surface area contributed by atoms with Gasteiger partial charge < -0.3 is 5.32 Å². The van der Waals surface area contributed by atoms with Crippen LogP contribution in [0.25, 0.3) is 0 Å². The Morgan fingerprint density at radius 3 is 2.55 bits per heavy atom. The third-order valence-corrected chi connectivity index (χ3v) is 3.36. The van der Waals surface area contributed by atoms with Crippen LogP contribution in [0.15, 0.2) is 42.5 Å². The predicted octanol–water partition coefficient (Wildman–Crippen LogP) is 3.42. The summed E-state index contributed by atoms with van der Waals surface area (Å²) in [7, 11) is 0. The highest BCUT2D eigenvalue weighted by Gasteiger charge is 2.11. The molecule has 0 aliphatic carbocycles. The SMILES string of the molecule is O=C(NC(=S)NCc1ccc(F)c(F)c1)c1ccccc1Cl. The highest BCUT2D eigenvalue weighted by molar-refractivity contribution is 7.80. The van der Waals surface area contributed by atoms with E-state index in [0.717, 1.165) is 12.1 Å². The van der Waals surface area contributed by atoms with Crippen LogP contribution in [0, 0.1) is 11.6 Å². The largest absolute Gasteiger partial charge is 0.358 e. The first-order chi connectivity index (χ1) is 10.5. The number of nitrogens with one attached hydrogen (secondary N) is 2. The number of hydrogen-bond acceptors (Lipinski definition) is 2. The molecule has 2 N–H and O–H groups in total. The third-order valence-electron chi connectivity index (χ3n) is 2.78. The fraction of sp³-hybridized carbons (Fsp3) is 0.0667. The monoisotopic (exact) mass is 340 g/mol. The summed E-state index contributed by atoms with van der Waals surface area (Å²) < 4.78 is 25.9. The summed E-state index contributed by atoms with van der Waals surface area (Å²) in [6.45, 7) is 0.152. The lowest BCUT2D eigenvalue weighted by molar-refractivity contribution is 0.0977. The molecule has 0 saturated carbocycles. The summed E-state index contributed by atoms with van der Waals surface area (Å²) in [5, 5.41) is 5.57. The Morgan fingerprint density at radius 2 is 1.86 bits per heavy atom. The first-order valence-electron chi connectivity index (χ1n) is 6.25. The van der Waals surface area contributed by atoms with Gasteiger partial charge in [0.05, 0.1) is 10.6 Å². The Kier molecular flexibility index (Phi) is 5.41. The van der Waals surface area contributed by atoms with Crippen molar-refractivity contribution in [3.05, 3.63) is 70.2 Å². The molecule has 0 fully saturated rings. The normalized spacial score (nSPS) is 10.1. The highest BCUT2D eigenvalue weighted by atomic mass is 35.5. The van der Waals surface area contributed by atoms with Crippen molar-refractivity contribution >= 4 is 34.8 Å². The van der Waals surface area contributed by atoms with E-state index in [1.807, 2.05) is 0 Å². The van der Waals surface area contributed by atoms with Crippen molar-refractivity contribution in [1.82, 2.24) is 10.6 Å². The molecule has 0 radical (unpaired) electrons. The minimum absolute atomic E-state index is 0.0645. The molecular weight excluding hydrogens is 330 g/mol. The van der Waals surface area contributed by atoms with E-state index in [9.17, 15) is 13.6 Å². The summed E-state index contributed by atoms with van der Waals surface area (Å²) in [4.78, 5) is 12.0. The van der Waals surface area contributed by atoms with Crippen LogP contribution in [0.1, 0.15) is 15.9 Å². The van der Waals surface area contributed by atoms with Crippen molar-refractivity contribution in [3.63, 3.8) is 0 Å². The molecule has 0 bridgehead atoms. The average Bonchev–Trinajstić information content (AvgIpc) is 2.49. The lowest BCUT2D eigenvalue weighted by Crippen LogP contribution is -2.38. The fourth-order valence-electron chi connectivity index (χ4n) is 1.69. The Bertz CT molecular complexity index is 724. The Hall–Kier alpha value is -2.05. The van der Waals surface area contributed by atoms with Crippen LogP contribution in [0.2, 0.25) is 5.02 Å². The molecule has 2 aromatic carbocycles. The van der Waals surface area contributed by atoms with Gasteiger partial charge in [0.1, 0.15) is 0 Å². The molecule has 7 heteroatoms. The second-order valence-electron chi connectivity index (χ2n) is 4.37. The molecule has 1 amide bonds. The molecule has 0 unspecified atom stereocenters. The van der Waals surface area contributed by atoms with Crippen LogP contribution in [0.4, 0.5) is 8.78 Å². The maximum absolute atomic E-state index is 13.1. The van der Waals surface area contributed by atoms with E-state index in [4.69, 9.17) is 23.8 Å². The molecule has 3 nitrogen and oxygen atoms in total. The van der Waals surface area contributed by atoms with Crippen LogP contribution >= 0.6 is 23.8 Å². The Morgan fingerprint density at radius 1 is 1.14 bits per heavy atom. The molecule has 0 aliphatic rings. The third kappa shape index (κ3) is 4.22. The topological polar surface area (TPSA) is 41.1 Å². The van der Waals surface area contributed by atoms with Gasteiger partial charge >= 0.3 is 0 Å². The molecule has 0 aromatic heterocycles. The van der Waals surface area contributed by atoms with Gasteiger partial charge in [-0.15, -0.1) is 0 Å². The Balaban J connectivity index is 1.92. The van der Waals surface area contributed by atoms with Crippen molar-refractivity contribution in [2.75, 3.05) is 0 Å². The average molecular weight is 341 g/mol. The van der Waals surface area contributed by atoms with Crippen molar-refractivity contribution in [2.45, 2.75) is 6.54 Å². The first-order valence-corrected chi connectivity index (χ1v) is 7.03. The van der Waals surface area contributed by atoms with Crippen LogP contribution < -0.4 is 10.6 Å². The summed E-state index contributed by atoms with van der Waals surface area (Å²) in [6, 6.07) is 10.0. The smallest absolute Gasteiger partial charge is 0.258 e. The van der Waals surface area contributed by atoms with Gasteiger partial charge in [0, 0.05) is 6.54 Å². The maximum atomic E-state index is 13.1. The zero-order chi connectivity index (χ0) is 16.1. The maximum Gasteiger partial charge on any atom is 0.258 e. The predicted molar refractivity (Wildman–Crippen MR) is 84.7 cm³/mol. The van der Waals surface area contributed by atoms with Crippen molar-refractivity contribution < 1.29 is 13.6 Å². The number of rotatable bonds is 3. The highest BCUT2D eigenvalue weighted by Crippen LogP contribution is 2.14. The zero-order valence-corrected chi connectivity index (χ0v) is 12.8. The molecule has 2 rings (SSSR count). The van der Waals surface area contributed by atoms with Crippen molar-refractivity contribution in [3.8, 4) is 0 Å². The number of amides is 1. The Labute approximate surface area is 136 Å². The molecule has 0 heterocycles. The minimum atomic E-state index is -0.940. The molecule has 114 valence electrons. The number of benzene rings is 2. The van der Waals surface area contributed by atoms with Crippen molar-refractivity contribution in [2.24, 2.45) is 0 Å². The van der Waals surface area contributed by atoms with E-state index in [2.05, 4.69) is 10.6 Å². The van der Waals surface area contributed by atoms with Crippen LogP contribution in [-0.2, 0) is 6.54 Å². The lowest BCUT2D eigenvalue weighted by atomic mass is 10.2. The van der Waals surface area contributed by atoms with Gasteiger partial charge in [0.25, 0.3) is 5.91 Å². The van der Waals surface area contributed by atoms with Gasteiger partial charge in [-0.2, -0.15) is 0 Å². The van der Waals surface area contributed by atoms with Gasteiger partial charge in [-0.1, -0.05) is 29.8 Å². The minimum Gasteiger partial charge on any atom is -0.358 e. The summed E-state index contributed by atoms with van der Waals surface area (Å²) in [6.07, 6.45) is 0. The number of thiocarbonyl (C=S) groups is 1. The molecule has 22 heavy (non-hydrogen) atoms. The molecule has 0 saturated heterocycles.